The third-order valence-electron chi connectivity index (χ3n) is 1.95. The molecule has 0 saturated heterocycles. The molecule has 0 bridgehead atoms. The zero-order valence-corrected chi connectivity index (χ0v) is 7.88. The van der Waals surface area contributed by atoms with Crippen LogP contribution in [-0.4, -0.2) is 34.1 Å². The summed E-state index contributed by atoms with van der Waals surface area (Å²) in [5, 5.41) is 18.3. The van der Waals surface area contributed by atoms with Crippen molar-refractivity contribution in [1.29, 1.82) is 0 Å². The Hall–Kier alpha value is -0.610. The quantitative estimate of drug-likeness (QED) is 0.563. The Balaban J connectivity index is 2.85. The van der Waals surface area contributed by atoms with Crippen molar-refractivity contribution < 1.29 is 10.2 Å². The second kappa shape index (κ2) is 3.87. The third-order valence-corrected chi connectivity index (χ3v) is 2.36. The first kappa shape index (κ1) is 9.48. The highest BCUT2D eigenvalue weighted by molar-refractivity contribution is 7.80. The minimum atomic E-state index is -0.0684. The third kappa shape index (κ3) is 1.76. The Bertz CT molecular complexity index is 235. The molecule has 12 heavy (non-hydrogen) atoms. The van der Waals surface area contributed by atoms with E-state index in [0.717, 1.165) is 5.57 Å². The molecule has 0 saturated carbocycles. The number of thiol groups is 1. The molecule has 0 radical (unpaired) electrons. The summed E-state index contributed by atoms with van der Waals surface area (Å²) in [5.74, 6) is 0.827. The lowest BCUT2D eigenvalue weighted by Crippen LogP contribution is -2.29. The van der Waals surface area contributed by atoms with Gasteiger partial charge in [-0.15, -0.1) is 0 Å². The zero-order chi connectivity index (χ0) is 9.14. The molecule has 68 valence electrons. The fraction of sp³-hybridized carbons (Fsp3) is 0.500. The molecular formula is C8H13NO2S. The molecule has 2 N–H and O–H groups in total. The molecule has 0 aliphatic carbocycles. The van der Waals surface area contributed by atoms with Gasteiger partial charge in [-0.05, 0) is 18.6 Å². The van der Waals surface area contributed by atoms with Crippen LogP contribution in [0.1, 0.15) is 6.92 Å². The first-order valence-corrected chi connectivity index (χ1v) is 4.38. The van der Waals surface area contributed by atoms with Crippen LogP contribution >= 0.6 is 12.6 Å². The summed E-state index contributed by atoms with van der Waals surface area (Å²) in [6, 6.07) is 0. The Kier molecular flexibility index (Phi) is 3.05. The van der Waals surface area contributed by atoms with E-state index in [1.54, 1.807) is 17.9 Å². The lowest BCUT2D eigenvalue weighted by Gasteiger charge is -2.27. The molecular weight excluding hydrogens is 174 g/mol. The topological polar surface area (TPSA) is 43.7 Å². The number of nitrogens with zero attached hydrogens (tertiary/aromatic N) is 1. The van der Waals surface area contributed by atoms with Crippen LogP contribution in [0.5, 0.6) is 0 Å². The minimum Gasteiger partial charge on any atom is -0.506 e. The van der Waals surface area contributed by atoms with Gasteiger partial charge in [-0.1, -0.05) is 0 Å². The predicted octanol–water partition coefficient (Wildman–Crippen LogP) is 0.897. The highest BCUT2D eigenvalue weighted by atomic mass is 32.1. The number of hydrogen-bond donors (Lipinski definition) is 3. The van der Waals surface area contributed by atoms with Gasteiger partial charge in [0.05, 0.1) is 5.70 Å². The summed E-state index contributed by atoms with van der Waals surface area (Å²) in [4.78, 5) is 1.70. The van der Waals surface area contributed by atoms with Crippen molar-refractivity contribution in [2.45, 2.75) is 6.92 Å². The van der Waals surface area contributed by atoms with Gasteiger partial charge in [0.25, 0.3) is 0 Å². The Labute approximate surface area is 77.4 Å². The smallest absolute Gasteiger partial charge is 0.134 e. The number of hydrogen-bond acceptors (Lipinski definition) is 4. The summed E-state index contributed by atoms with van der Waals surface area (Å²) >= 11 is 4.10. The summed E-state index contributed by atoms with van der Waals surface area (Å²) in [5.41, 5.74) is 1.72. The predicted molar refractivity (Wildman–Crippen MR) is 51.1 cm³/mol. The summed E-state index contributed by atoms with van der Waals surface area (Å²) < 4.78 is 0. The molecule has 0 amide bonds. The second-order valence-electron chi connectivity index (χ2n) is 2.77. The maximum atomic E-state index is 9.40. The monoisotopic (exact) mass is 187 g/mol. The van der Waals surface area contributed by atoms with Crippen LogP contribution in [0.15, 0.2) is 23.1 Å². The van der Waals surface area contributed by atoms with Crippen LogP contribution in [0.2, 0.25) is 0 Å². The fourth-order valence-electron chi connectivity index (χ4n) is 1.12. The molecule has 0 aromatic heterocycles. The van der Waals surface area contributed by atoms with Crippen molar-refractivity contribution in [3.63, 3.8) is 0 Å². The van der Waals surface area contributed by atoms with E-state index in [2.05, 4.69) is 12.6 Å². The van der Waals surface area contributed by atoms with Gasteiger partial charge >= 0.3 is 0 Å². The van der Waals surface area contributed by atoms with E-state index >= 15 is 0 Å². The maximum Gasteiger partial charge on any atom is 0.134 e. The van der Waals surface area contributed by atoms with Gasteiger partial charge < -0.3 is 15.1 Å². The lowest BCUT2D eigenvalue weighted by atomic mass is 10.1. The van der Waals surface area contributed by atoms with Crippen LogP contribution in [0.3, 0.4) is 0 Å². The minimum absolute atomic E-state index is 0.0684. The first-order chi connectivity index (χ1) is 5.69. The summed E-state index contributed by atoms with van der Waals surface area (Å²) in [7, 11) is 0. The van der Waals surface area contributed by atoms with E-state index in [4.69, 9.17) is 5.11 Å². The normalized spacial score (nSPS) is 18.2. The number of allylic oxidation sites excluding steroid dienone is 2. The average Bonchev–Trinajstić information content (AvgIpc) is 2.09. The van der Waals surface area contributed by atoms with Crippen molar-refractivity contribution in [2.24, 2.45) is 0 Å². The Morgan fingerprint density at radius 1 is 1.67 bits per heavy atom. The van der Waals surface area contributed by atoms with Crippen LogP contribution in [-0.2, 0) is 0 Å². The molecule has 1 aliphatic rings. The van der Waals surface area contributed by atoms with E-state index in [1.807, 2.05) is 0 Å². The Morgan fingerprint density at radius 3 is 2.83 bits per heavy atom. The van der Waals surface area contributed by atoms with E-state index in [1.165, 1.54) is 0 Å². The molecule has 0 unspecified atom stereocenters. The van der Waals surface area contributed by atoms with Gasteiger partial charge in [0.15, 0.2) is 0 Å². The van der Waals surface area contributed by atoms with E-state index in [9.17, 15) is 5.11 Å². The Morgan fingerprint density at radius 2 is 2.33 bits per heavy atom. The SMILES string of the molecule is CC1=C(O)C=C(CS)CN1CO. The largest absolute Gasteiger partial charge is 0.506 e. The van der Waals surface area contributed by atoms with Crippen molar-refractivity contribution in [3.8, 4) is 0 Å². The molecule has 1 heterocycles. The van der Waals surface area contributed by atoms with Crippen LogP contribution < -0.4 is 0 Å². The molecule has 1 rings (SSSR count). The number of aliphatic hydroxyl groups excluding tert-OH is 2. The standard InChI is InChI=1S/C8H13NO2S/c1-6-8(11)2-7(4-12)3-9(6)5-10/h2,10-12H,3-5H2,1H3. The van der Waals surface area contributed by atoms with Gasteiger partial charge in [0.2, 0.25) is 0 Å². The fourth-order valence-corrected chi connectivity index (χ4v) is 1.31. The van der Waals surface area contributed by atoms with Crippen LogP contribution in [0.25, 0.3) is 0 Å². The molecule has 4 heteroatoms. The highest BCUT2D eigenvalue weighted by Gasteiger charge is 2.15. The van der Waals surface area contributed by atoms with Crippen molar-refractivity contribution in [2.75, 3.05) is 19.0 Å². The van der Waals surface area contributed by atoms with Crippen molar-refractivity contribution >= 4 is 12.6 Å². The van der Waals surface area contributed by atoms with Gasteiger partial charge in [-0.3, -0.25) is 0 Å². The highest BCUT2D eigenvalue weighted by Crippen LogP contribution is 2.18. The maximum absolute atomic E-state index is 9.40. The van der Waals surface area contributed by atoms with Gasteiger partial charge in [0.1, 0.15) is 12.5 Å². The zero-order valence-electron chi connectivity index (χ0n) is 6.99. The molecule has 0 spiro atoms. The van der Waals surface area contributed by atoms with Gasteiger partial charge in [0, 0.05) is 12.3 Å². The molecule has 0 aromatic carbocycles. The molecule has 0 fully saturated rings. The molecule has 0 aromatic rings. The van der Waals surface area contributed by atoms with E-state index in [0.29, 0.717) is 18.0 Å². The summed E-state index contributed by atoms with van der Waals surface area (Å²) in [6.07, 6.45) is 1.70. The van der Waals surface area contributed by atoms with Crippen molar-refractivity contribution in [1.82, 2.24) is 4.90 Å². The van der Waals surface area contributed by atoms with E-state index in [-0.39, 0.29) is 12.5 Å². The lowest BCUT2D eigenvalue weighted by molar-refractivity contribution is 0.140. The van der Waals surface area contributed by atoms with Crippen molar-refractivity contribution in [3.05, 3.63) is 23.1 Å². The second-order valence-corrected chi connectivity index (χ2v) is 3.09. The molecule has 1 aliphatic heterocycles. The summed E-state index contributed by atoms with van der Waals surface area (Å²) in [6.45, 7) is 2.36. The average molecular weight is 187 g/mol. The van der Waals surface area contributed by atoms with Gasteiger partial charge in [-0.25, -0.2) is 0 Å². The first-order valence-electron chi connectivity index (χ1n) is 3.75. The number of aliphatic hydroxyl groups is 2. The van der Waals surface area contributed by atoms with Gasteiger partial charge in [-0.2, -0.15) is 12.6 Å². The van der Waals surface area contributed by atoms with Crippen LogP contribution in [0.4, 0.5) is 0 Å². The van der Waals surface area contributed by atoms with Crippen LogP contribution in [0, 0.1) is 0 Å². The molecule has 0 atom stereocenters. The van der Waals surface area contributed by atoms with E-state index < -0.39 is 0 Å². The number of rotatable bonds is 2. The molecule has 3 nitrogen and oxygen atoms in total.